The molecule has 25 heavy (non-hydrogen) atoms. The van der Waals surface area contributed by atoms with Crippen molar-refractivity contribution in [3.8, 4) is 0 Å². The average Bonchev–Trinajstić information content (AvgIpc) is 2.69. The zero-order valence-corrected chi connectivity index (χ0v) is 16.3. The molecule has 0 spiro atoms. The molecule has 2 atom stereocenters. The summed E-state index contributed by atoms with van der Waals surface area (Å²) in [5, 5.41) is 7.58. The van der Waals surface area contributed by atoms with Crippen molar-refractivity contribution in [2.75, 3.05) is 16.6 Å². The molecule has 0 fully saturated rings. The second-order valence-corrected chi connectivity index (χ2v) is 7.72. The minimum Gasteiger partial charge on any atom is -0.400 e. The fourth-order valence-electron chi connectivity index (χ4n) is 2.39. The van der Waals surface area contributed by atoms with E-state index in [9.17, 15) is 0 Å². The van der Waals surface area contributed by atoms with E-state index in [-0.39, 0.29) is 0 Å². The lowest BCUT2D eigenvalue weighted by Crippen LogP contribution is -2.09. The predicted molar refractivity (Wildman–Crippen MR) is 113 cm³/mol. The first-order valence-electron chi connectivity index (χ1n) is 8.42. The molecule has 0 saturated heterocycles. The van der Waals surface area contributed by atoms with Crippen LogP contribution in [0.1, 0.15) is 19.8 Å². The van der Waals surface area contributed by atoms with Crippen molar-refractivity contribution in [2.24, 2.45) is 5.92 Å². The molecule has 0 saturated carbocycles. The summed E-state index contributed by atoms with van der Waals surface area (Å²) in [5.74, 6) is 0.736. The molecule has 2 aromatic rings. The van der Waals surface area contributed by atoms with E-state index in [1.807, 2.05) is 30.1 Å². The maximum Gasteiger partial charge on any atom is 0.0443 e. The maximum atomic E-state index is 7.00. The summed E-state index contributed by atoms with van der Waals surface area (Å²) in [6, 6.07) is 18.8. The molecule has 3 N–H and O–H groups in total. The van der Waals surface area contributed by atoms with E-state index < -0.39 is 0 Å². The smallest absolute Gasteiger partial charge is 0.0443 e. The van der Waals surface area contributed by atoms with Crippen molar-refractivity contribution in [2.45, 2.75) is 29.9 Å². The molecule has 1 aliphatic rings. The Bertz CT molecular complexity index is 632. The second-order valence-electron chi connectivity index (χ2n) is 5.79. The maximum absolute atomic E-state index is 7.00. The number of benzene rings is 2. The Balaban J connectivity index is 0.00000109. The zero-order chi connectivity index (χ0) is 17.9. The van der Waals surface area contributed by atoms with E-state index in [0.717, 1.165) is 24.4 Å². The van der Waals surface area contributed by atoms with E-state index in [1.54, 1.807) is 11.9 Å². The molecule has 0 heterocycles. The summed E-state index contributed by atoms with van der Waals surface area (Å²) in [5.41, 5.74) is 2.28. The highest BCUT2D eigenvalue weighted by atomic mass is 32.2. The summed E-state index contributed by atoms with van der Waals surface area (Å²) in [7, 11) is 1.00. The van der Waals surface area contributed by atoms with Crippen molar-refractivity contribution in [1.82, 2.24) is 0 Å². The van der Waals surface area contributed by atoms with Crippen LogP contribution in [0.4, 0.5) is 11.4 Å². The predicted octanol–water partition coefficient (Wildman–Crippen LogP) is 5.83. The highest BCUT2D eigenvalue weighted by Crippen LogP contribution is 2.28. The van der Waals surface area contributed by atoms with E-state index in [2.05, 4.69) is 64.9 Å². The van der Waals surface area contributed by atoms with Gasteiger partial charge in [0.05, 0.1) is 0 Å². The Hall–Kier alpha value is -1.56. The van der Waals surface area contributed by atoms with E-state index in [0.29, 0.717) is 5.25 Å². The Morgan fingerprint density at radius 3 is 2.16 bits per heavy atom. The molecule has 0 aromatic heterocycles. The number of aliphatic hydroxyl groups excluding tert-OH is 1. The summed E-state index contributed by atoms with van der Waals surface area (Å²) in [4.78, 5) is 1.20. The summed E-state index contributed by atoms with van der Waals surface area (Å²) in [6.45, 7) is 2.28. The van der Waals surface area contributed by atoms with Crippen LogP contribution in [-0.4, -0.2) is 17.5 Å². The average molecular weight is 375 g/mol. The van der Waals surface area contributed by atoms with Crippen molar-refractivity contribution in [3.63, 3.8) is 0 Å². The summed E-state index contributed by atoms with van der Waals surface area (Å²) < 4.78 is 6.82. The van der Waals surface area contributed by atoms with Crippen LogP contribution in [-0.2, 0) is 0 Å². The van der Waals surface area contributed by atoms with Gasteiger partial charge < -0.3 is 14.6 Å². The number of hydrogen-bond donors (Lipinski definition) is 3. The SMILES string of the molecule is CO.C[C@H]1C=CC(SNc2ccc(SNc3ccccc3)cc2)CC1. The van der Waals surface area contributed by atoms with Crippen molar-refractivity contribution in [3.05, 3.63) is 66.7 Å². The van der Waals surface area contributed by atoms with E-state index >= 15 is 0 Å². The Morgan fingerprint density at radius 1 is 0.840 bits per heavy atom. The third-order valence-corrected chi connectivity index (χ3v) is 5.70. The highest BCUT2D eigenvalue weighted by Gasteiger charge is 2.12. The van der Waals surface area contributed by atoms with Crippen LogP contribution in [0, 0.1) is 5.92 Å². The van der Waals surface area contributed by atoms with Crippen LogP contribution in [0.3, 0.4) is 0 Å². The normalized spacial score (nSPS) is 18.8. The monoisotopic (exact) mass is 374 g/mol. The molecular weight excluding hydrogens is 348 g/mol. The van der Waals surface area contributed by atoms with Gasteiger partial charge in [0, 0.05) is 28.6 Å². The molecule has 134 valence electrons. The van der Waals surface area contributed by atoms with Gasteiger partial charge in [-0.1, -0.05) is 37.3 Å². The number of para-hydroxylation sites is 1. The van der Waals surface area contributed by atoms with Gasteiger partial charge in [-0.3, -0.25) is 0 Å². The number of allylic oxidation sites excluding steroid dienone is 1. The first-order chi connectivity index (χ1) is 12.3. The van der Waals surface area contributed by atoms with Crippen molar-refractivity contribution >= 4 is 35.3 Å². The molecule has 0 bridgehead atoms. The molecule has 5 heteroatoms. The quantitative estimate of drug-likeness (QED) is 0.438. The van der Waals surface area contributed by atoms with Gasteiger partial charge in [0.2, 0.25) is 0 Å². The number of aliphatic hydroxyl groups is 1. The lowest BCUT2D eigenvalue weighted by Gasteiger charge is -2.20. The van der Waals surface area contributed by atoms with Gasteiger partial charge in [-0.05, 0) is 79.1 Å². The van der Waals surface area contributed by atoms with Crippen LogP contribution in [0.25, 0.3) is 0 Å². The lowest BCUT2D eigenvalue weighted by molar-refractivity contribution is 0.399. The van der Waals surface area contributed by atoms with Crippen LogP contribution in [0.5, 0.6) is 0 Å². The Labute approximate surface area is 159 Å². The molecule has 0 aliphatic heterocycles. The molecule has 0 radical (unpaired) electrons. The third-order valence-electron chi connectivity index (χ3n) is 3.80. The van der Waals surface area contributed by atoms with Crippen LogP contribution < -0.4 is 9.44 Å². The number of nitrogens with one attached hydrogen (secondary N) is 2. The van der Waals surface area contributed by atoms with Gasteiger partial charge in [0.25, 0.3) is 0 Å². The minimum atomic E-state index is 0.583. The van der Waals surface area contributed by atoms with Crippen molar-refractivity contribution in [1.29, 1.82) is 0 Å². The Morgan fingerprint density at radius 2 is 1.52 bits per heavy atom. The zero-order valence-electron chi connectivity index (χ0n) is 14.7. The minimum absolute atomic E-state index is 0.583. The standard InChI is InChI=1S/C19H22N2S2.CH4O/c1-15-7-11-18(12-8-15)22-21-17-9-13-19(14-10-17)23-20-16-5-3-2-4-6-16;1-2/h2-7,9-11,13-15,18,20-21H,8,12H2,1H3;2H,1H3/t15-,18?;/m0./s1. The molecule has 3 rings (SSSR count). The summed E-state index contributed by atoms with van der Waals surface area (Å²) in [6.07, 6.45) is 7.21. The van der Waals surface area contributed by atoms with Gasteiger partial charge in [0.1, 0.15) is 0 Å². The number of rotatable bonds is 6. The van der Waals surface area contributed by atoms with Crippen LogP contribution >= 0.6 is 23.9 Å². The summed E-state index contributed by atoms with van der Waals surface area (Å²) >= 11 is 3.44. The third kappa shape index (κ3) is 7.06. The molecule has 3 nitrogen and oxygen atoms in total. The topological polar surface area (TPSA) is 44.3 Å². The molecule has 0 amide bonds. The first-order valence-corrected chi connectivity index (χ1v) is 10.1. The van der Waals surface area contributed by atoms with E-state index in [4.69, 9.17) is 5.11 Å². The highest BCUT2D eigenvalue weighted by molar-refractivity contribution is 8.01. The Kier molecular flexibility index (Phi) is 8.80. The van der Waals surface area contributed by atoms with Gasteiger partial charge >= 0.3 is 0 Å². The lowest BCUT2D eigenvalue weighted by atomic mass is 9.98. The molecular formula is C20H26N2OS2. The van der Waals surface area contributed by atoms with E-state index in [1.165, 1.54) is 17.7 Å². The number of hydrogen-bond acceptors (Lipinski definition) is 5. The van der Waals surface area contributed by atoms with Gasteiger partial charge in [-0.2, -0.15) is 0 Å². The van der Waals surface area contributed by atoms with Gasteiger partial charge in [-0.25, -0.2) is 0 Å². The number of anilines is 2. The fraction of sp³-hybridized carbons (Fsp3) is 0.300. The largest absolute Gasteiger partial charge is 0.400 e. The van der Waals surface area contributed by atoms with Gasteiger partial charge in [0.15, 0.2) is 0 Å². The first kappa shape index (κ1) is 19.8. The molecule has 1 aliphatic carbocycles. The fourth-order valence-corrected chi connectivity index (χ4v) is 3.88. The van der Waals surface area contributed by atoms with Crippen LogP contribution in [0.2, 0.25) is 0 Å². The second kappa shape index (κ2) is 11.1. The molecule has 1 unspecified atom stereocenters. The molecule has 2 aromatic carbocycles. The van der Waals surface area contributed by atoms with Crippen molar-refractivity contribution < 1.29 is 5.11 Å². The van der Waals surface area contributed by atoms with Gasteiger partial charge in [-0.15, -0.1) is 0 Å². The van der Waals surface area contributed by atoms with Crippen LogP contribution in [0.15, 0.2) is 71.6 Å².